The maximum Gasteiger partial charge on any atom is 0.261 e. The van der Waals surface area contributed by atoms with Gasteiger partial charge in [-0.15, -0.1) is 11.8 Å². The number of nitrogens with one attached hydrogen (secondary N) is 2. The van der Waals surface area contributed by atoms with E-state index in [1.54, 1.807) is 42.1 Å². The third-order valence-electron chi connectivity index (χ3n) is 6.97. The fraction of sp³-hybridized carbons (Fsp3) is 0.188. The Morgan fingerprint density at radius 3 is 2.34 bits per heavy atom. The zero-order valence-corrected chi connectivity index (χ0v) is 24.5. The average Bonchev–Trinajstić information content (AvgIpc) is 3.34. The van der Waals surface area contributed by atoms with E-state index < -0.39 is 10.0 Å². The monoisotopic (exact) mass is 585 g/mol. The van der Waals surface area contributed by atoms with Crippen LogP contribution in [0.4, 0.5) is 11.4 Å². The molecule has 5 rings (SSSR count). The fourth-order valence-electron chi connectivity index (χ4n) is 4.64. The van der Waals surface area contributed by atoms with Gasteiger partial charge in [0.15, 0.2) is 0 Å². The molecule has 4 aromatic rings. The molecule has 1 atom stereocenters. The summed E-state index contributed by atoms with van der Waals surface area (Å²) in [6.45, 7) is 4.38. The first kappa shape index (κ1) is 28.4. The topological polar surface area (TPSA) is 95.6 Å². The summed E-state index contributed by atoms with van der Waals surface area (Å²) in [5.41, 5.74) is 5.41. The first-order chi connectivity index (χ1) is 19.7. The number of sulfonamides is 1. The van der Waals surface area contributed by atoms with Gasteiger partial charge >= 0.3 is 0 Å². The van der Waals surface area contributed by atoms with Gasteiger partial charge in [0.1, 0.15) is 5.37 Å². The van der Waals surface area contributed by atoms with Crippen molar-refractivity contribution in [1.29, 1.82) is 0 Å². The number of benzene rings is 4. The number of aryl methyl sites for hydroxylation is 2. The Kier molecular flexibility index (Phi) is 8.46. The minimum atomic E-state index is -3.78. The lowest BCUT2D eigenvalue weighted by molar-refractivity contribution is -0.128. The number of carbonyl (C=O) groups excluding carboxylic acids is 2. The van der Waals surface area contributed by atoms with Crippen LogP contribution in [-0.4, -0.2) is 37.4 Å². The molecule has 0 aromatic heterocycles. The number of hydrogen-bond acceptors (Lipinski definition) is 5. The van der Waals surface area contributed by atoms with Crippen LogP contribution in [-0.2, 0) is 21.2 Å². The summed E-state index contributed by atoms with van der Waals surface area (Å²) in [7, 11) is -3.78. The molecule has 0 unspecified atom stereocenters. The molecule has 4 aromatic carbocycles. The number of rotatable bonds is 9. The lowest BCUT2D eigenvalue weighted by atomic mass is 10.1. The Bertz CT molecular complexity index is 1660. The van der Waals surface area contributed by atoms with Crippen LogP contribution in [0.1, 0.15) is 38.0 Å². The molecule has 9 heteroatoms. The van der Waals surface area contributed by atoms with E-state index in [2.05, 4.69) is 22.2 Å². The second-order valence-electron chi connectivity index (χ2n) is 10.0. The van der Waals surface area contributed by atoms with Crippen LogP contribution in [0.25, 0.3) is 0 Å². The quantitative estimate of drug-likeness (QED) is 0.245. The Labute approximate surface area is 245 Å². The summed E-state index contributed by atoms with van der Waals surface area (Å²) in [5, 5.41) is 2.73. The maximum atomic E-state index is 12.9. The van der Waals surface area contributed by atoms with E-state index in [-0.39, 0.29) is 22.1 Å². The number of anilines is 2. The second-order valence-corrected chi connectivity index (χ2v) is 12.8. The van der Waals surface area contributed by atoms with E-state index in [4.69, 9.17) is 0 Å². The van der Waals surface area contributed by atoms with E-state index in [0.717, 1.165) is 23.1 Å². The molecule has 2 N–H and O–H groups in total. The molecule has 1 aliphatic heterocycles. The largest absolute Gasteiger partial charge is 0.326 e. The lowest BCUT2D eigenvalue weighted by Gasteiger charge is -2.24. The number of amides is 2. The van der Waals surface area contributed by atoms with Gasteiger partial charge in [0.25, 0.3) is 15.9 Å². The van der Waals surface area contributed by atoms with E-state index in [9.17, 15) is 18.0 Å². The molecule has 0 radical (unpaired) electrons. The summed E-state index contributed by atoms with van der Waals surface area (Å²) >= 11 is 1.59. The zero-order valence-electron chi connectivity index (χ0n) is 22.8. The molecule has 0 spiro atoms. The fourth-order valence-corrected chi connectivity index (χ4v) is 6.98. The highest BCUT2D eigenvalue weighted by Crippen LogP contribution is 2.38. The molecular weight excluding hydrogens is 555 g/mol. The van der Waals surface area contributed by atoms with Crippen LogP contribution in [0.5, 0.6) is 0 Å². The standard InChI is InChI=1S/C32H31N3O4S2/c1-22-8-9-23(2)29(20-22)34-41(38,39)28-16-14-27(15-17-28)33-31(37)25-10-12-26(13-11-25)32-35(30(36)21-40-32)19-18-24-6-4-3-5-7-24/h3-17,20,32,34H,18-19,21H2,1-2H3,(H,33,37)/t32-/m1/s1. The van der Waals surface area contributed by atoms with Crippen molar-refractivity contribution in [3.05, 3.63) is 125 Å². The van der Waals surface area contributed by atoms with Crippen molar-refractivity contribution in [1.82, 2.24) is 4.90 Å². The van der Waals surface area contributed by atoms with Crippen molar-refractivity contribution < 1.29 is 18.0 Å². The molecule has 1 aliphatic rings. The summed E-state index contributed by atoms with van der Waals surface area (Å²) in [6, 6.07) is 29.0. The van der Waals surface area contributed by atoms with Gasteiger partial charge in [0.2, 0.25) is 5.91 Å². The van der Waals surface area contributed by atoms with Gasteiger partial charge in [-0.05, 0) is 85.0 Å². The van der Waals surface area contributed by atoms with Crippen LogP contribution in [0.15, 0.2) is 102 Å². The van der Waals surface area contributed by atoms with Crippen molar-refractivity contribution in [2.45, 2.75) is 30.5 Å². The number of hydrogen-bond donors (Lipinski definition) is 2. The normalized spacial score (nSPS) is 15.1. The Hall–Kier alpha value is -4.08. The summed E-state index contributed by atoms with van der Waals surface area (Å²) < 4.78 is 28.4. The molecule has 7 nitrogen and oxygen atoms in total. The van der Waals surface area contributed by atoms with Crippen molar-refractivity contribution in [2.24, 2.45) is 0 Å². The van der Waals surface area contributed by atoms with Gasteiger partial charge in [-0.25, -0.2) is 8.42 Å². The Morgan fingerprint density at radius 1 is 0.927 bits per heavy atom. The van der Waals surface area contributed by atoms with E-state index in [0.29, 0.717) is 29.2 Å². The van der Waals surface area contributed by atoms with Crippen molar-refractivity contribution in [3.63, 3.8) is 0 Å². The van der Waals surface area contributed by atoms with E-state index in [1.807, 2.05) is 61.2 Å². The van der Waals surface area contributed by atoms with Crippen LogP contribution >= 0.6 is 11.8 Å². The number of carbonyl (C=O) groups is 2. The minimum absolute atomic E-state index is 0.0879. The van der Waals surface area contributed by atoms with Gasteiger partial charge in [0, 0.05) is 17.8 Å². The molecule has 1 saturated heterocycles. The molecule has 0 aliphatic carbocycles. The van der Waals surface area contributed by atoms with Crippen molar-refractivity contribution >= 4 is 45.0 Å². The lowest BCUT2D eigenvalue weighted by Crippen LogP contribution is -2.30. The third-order valence-corrected chi connectivity index (χ3v) is 9.61. The Balaban J connectivity index is 1.21. The van der Waals surface area contributed by atoms with Crippen LogP contribution in [0.3, 0.4) is 0 Å². The summed E-state index contributed by atoms with van der Waals surface area (Å²) in [5.74, 6) is 0.247. The molecule has 1 fully saturated rings. The summed E-state index contributed by atoms with van der Waals surface area (Å²) in [6.07, 6.45) is 0.784. The molecule has 210 valence electrons. The first-order valence-corrected chi connectivity index (χ1v) is 15.8. The van der Waals surface area contributed by atoms with Crippen LogP contribution < -0.4 is 10.0 Å². The highest BCUT2D eigenvalue weighted by molar-refractivity contribution is 8.00. The van der Waals surface area contributed by atoms with Gasteiger partial charge in [-0.1, -0.05) is 54.6 Å². The highest BCUT2D eigenvalue weighted by atomic mass is 32.2. The van der Waals surface area contributed by atoms with Crippen molar-refractivity contribution in [3.8, 4) is 0 Å². The highest BCUT2D eigenvalue weighted by Gasteiger charge is 2.32. The second kappa shape index (κ2) is 12.2. The number of thioether (sulfide) groups is 1. The van der Waals surface area contributed by atoms with Crippen LogP contribution in [0, 0.1) is 13.8 Å². The molecule has 41 heavy (non-hydrogen) atoms. The Morgan fingerprint density at radius 2 is 1.63 bits per heavy atom. The molecular formula is C32H31N3O4S2. The SMILES string of the molecule is Cc1ccc(C)c(NS(=O)(=O)c2ccc(NC(=O)c3ccc([C@H]4SCC(=O)N4CCc4ccccc4)cc3)cc2)c1. The molecule has 0 saturated carbocycles. The number of nitrogens with zero attached hydrogens (tertiary/aromatic N) is 1. The van der Waals surface area contributed by atoms with Crippen LogP contribution in [0.2, 0.25) is 0 Å². The third kappa shape index (κ3) is 6.81. The predicted molar refractivity (Wildman–Crippen MR) is 165 cm³/mol. The van der Waals surface area contributed by atoms with E-state index >= 15 is 0 Å². The molecule has 0 bridgehead atoms. The minimum Gasteiger partial charge on any atom is -0.326 e. The zero-order chi connectivity index (χ0) is 29.0. The van der Waals surface area contributed by atoms with Crippen molar-refractivity contribution in [2.75, 3.05) is 22.3 Å². The average molecular weight is 586 g/mol. The van der Waals surface area contributed by atoms with Gasteiger partial charge in [-0.2, -0.15) is 0 Å². The van der Waals surface area contributed by atoms with Gasteiger partial charge < -0.3 is 10.2 Å². The van der Waals surface area contributed by atoms with Gasteiger partial charge in [-0.3, -0.25) is 14.3 Å². The smallest absolute Gasteiger partial charge is 0.261 e. The molecule has 1 heterocycles. The summed E-state index contributed by atoms with van der Waals surface area (Å²) in [4.78, 5) is 27.5. The molecule has 2 amide bonds. The predicted octanol–water partition coefficient (Wildman–Crippen LogP) is 6.17. The first-order valence-electron chi connectivity index (χ1n) is 13.3. The van der Waals surface area contributed by atoms with Gasteiger partial charge in [0.05, 0.1) is 16.3 Å². The van der Waals surface area contributed by atoms with E-state index in [1.165, 1.54) is 17.7 Å². The maximum absolute atomic E-state index is 12.9.